The maximum atomic E-state index is 11.9. The molecule has 0 spiro atoms. The minimum absolute atomic E-state index is 0.240. The van der Waals surface area contributed by atoms with E-state index >= 15 is 0 Å². The molecule has 2 N–H and O–H groups in total. The SMILES string of the molecule is CCCC(OC1(CN)CCC(C)CC1)C(=O)OCC. The van der Waals surface area contributed by atoms with E-state index in [4.69, 9.17) is 15.2 Å². The number of carbonyl (C=O) groups is 1. The Labute approximate surface area is 117 Å². The lowest BCUT2D eigenvalue weighted by Crippen LogP contribution is -2.48. The fourth-order valence-electron chi connectivity index (χ4n) is 2.68. The second kappa shape index (κ2) is 7.85. The Balaban J connectivity index is 2.66. The fraction of sp³-hybridized carbons (Fsp3) is 0.933. The van der Waals surface area contributed by atoms with Gasteiger partial charge in [-0.2, -0.15) is 0 Å². The number of rotatable bonds is 7. The van der Waals surface area contributed by atoms with Crippen molar-refractivity contribution in [1.29, 1.82) is 0 Å². The molecular weight excluding hydrogens is 242 g/mol. The fourth-order valence-corrected chi connectivity index (χ4v) is 2.68. The van der Waals surface area contributed by atoms with Gasteiger partial charge in [0, 0.05) is 6.54 Å². The first-order valence-electron chi connectivity index (χ1n) is 7.61. The smallest absolute Gasteiger partial charge is 0.335 e. The molecule has 4 heteroatoms. The summed E-state index contributed by atoms with van der Waals surface area (Å²) < 4.78 is 11.2. The van der Waals surface area contributed by atoms with Crippen molar-refractivity contribution in [2.45, 2.75) is 71.0 Å². The van der Waals surface area contributed by atoms with Gasteiger partial charge in [-0.1, -0.05) is 20.3 Å². The van der Waals surface area contributed by atoms with Crippen molar-refractivity contribution in [2.24, 2.45) is 11.7 Å². The van der Waals surface area contributed by atoms with Crippen molar-refractivity contribution < 1.29 is 14.3 Å². The maximum Gasteiger partial charge on any atom is 0.335 e. The van der Waals surface area contributed by atoms with Crippen LogP contribution in [0.15, 0.2) is 0 Å². The van der Waals surface area contributed by atoms with Gasteiger partial charge in [-0.05, 0) is 44.9 Å². The molecule has 0 aromatic heterocycles. The van der Waals surface area contributed by atoms with E-state index in [9.17, 15) is 4.79 Å². The van der Waals surface area contributed by atoms with Crippen molar-refractivity contribution in [3.63, 3.8) is 0 Å². The molecule has 1 aliphatic carbocycles. The first-order chi connectivity index (χ1) is 9.06. The number of hydrogen-bond acceptors (Lipinski definition) is 4. The largest absolute Gasteiger partial charge is 0.464 e. The minimum Gasteiger partial charge on any atom is -0.464 e. The van der Waals surface area contributed by atoms with Gasteiger partial charge in [-0.15, -0.1) is 0 Å². The highest BCUT2D eigenvalue weighted by Gasteiger charge is 2.38. The van der Waals surface area contributed by atoms with Gasteiger partial charge in [0.05, 0.1) is 12.2 Å². The molecule has 0 saturated heterocycles. The molecule has 0 aromatic rings. The van der Waals surface area contributed by atoms with Crippen LogP contribution in [0.5, 0.6) is 0 Å². The standard InChI is InChI=1S/C15H29NO3/c1-4-6-13(14(17)18-5-2)19-15(11-16)9-7-12(3)8-10-15/h12-13H,4-11,16H2,1-3H3. The first-order valence-corrected chi connectivity index (χ1v) is 7.61. The van der Waals surface area contributed by atoms with E-state index in [0.717, 1.165) is 38.0 Å². The van der Waals surface area contributed by atoms with Crippen LogP contribution in [0.1, 0.15) is 59.3 Å². The Kier molecular flexibility index (Phi) is 6.80. The number of carbonyl (C=O) groups excluding carboxylic acids is 1. The second-order valence-electron chi connectivity index (χ2n) is 5.72. The Morgan fingerprint density at radius 2 is 2.00 bits per heavy atom. The van der Waals surface area contributed by atoms with Crippen molar-refractivity contribution in [3.05, 3.63) is 0 Å². The number of esters is 1. The third-order valence-electron chi connectivity index (χ3n) is 4.05. The van der Waals surface area contributed by atoms with Gasteiger partial charge < -0.3 is 15.2 Å². The molecule has 0 radical (unpaired) electrons. The number of nitrogens with two attached hydrogens (primary N) is 1. The van der Waals surface area contributed by atoms with E-state index < -0.39 is 6.10 Å². The van der Waals surface area contributed by atoms with E-state index in [2.05, 4.69) is 6.92 Å². The Morgan fingerprint density at radius 1 is 1.37 bits per heavy atom. The molecule has 1 saturated carbocycles. The Morgan fingerprint density at radius 3 is 2.47 bits per heavy atom. The monoisotopic (exact) mass is 271 g/mol. The van der Waals surface area contributed by atoms with Crippen molar-refractivity contribution in [2.75, 3.05) is 13.2 Å². The third-order valence-corrected chi connectivity index (χ3v) is 4.05. The zero-order valence-electron chi connectivity index (χ0n) is 12.6. The molecular formula is C15H29NO3. The molecule has 1 aliphatic rings. The molecule has 1 fully saturated rings. The van der Waals surface area contributed by atoms with Gasteiger partial charge in [-0.3, -0.25) is 0 Å². The molecule has 4 nitrogen and oxygen atoms in total. The Hall–Kier alpha value is -0.610. The number of ether oxygens (including phenoxy) is 2. The van der Waals surface area contributed by atoms with Gasteiger partial charge >= 0.3 is 5.97 Å². The van der Waals surface area contributed by atoms with Crippen LogP contribution in [0.4, 0.5) is 0 Å². The van der Waals surface area contributed by atoms with Crippen LogP contribution in [-0.4, -0.2) is 30.8 Å². The molecule has 0 bridgehead atoms. The predicted molar refractivity (Wildman–Crippen MR) is 75.8 cm³/mol. The minimum atomic E-state index is -0.457. The highest BCUT2D eigenvalue weighted by atomic mass is 16.6. The quantitative estimate of drug-likeness (QED) is 0.723. The molecule has 0 aromatic carbocycles. The van der Waals surface area contributed by atoms with Crippen LogP contribution < -0.4 is 5.73 Å². The van der Waals surface area contributed by atoms with Crippen LogP contribution >= 0.6 is 0 Å². The van der Waals surface area contributed by atoms with E-state index in [1.54, 1.807) is 0 Å². The second-order valence-corrected chi connectivity index (χ2v) is 5.72. The highest BCUT2D eigenvalue weighted by molar-refractivity contribution is 5.74. The summed E-state index contributed by atoms with van der Waals surface area (Å²) in [4.78, 5) is 11.9. The van der Waals surface area contributed by atoms with Gasteiger partial charge in [0.2, 0.25) is 0 Å². The van der Waals surface area contributed by atoms with E-state index in [1.165, 1.54) is 0 Å². The van der Waals surface area contributed by atoms with Crippen LogP contribution in [0.25, 0.3) is 0 Å². The first kappa shape index (κ1) is 16.4. The number of hydrogen-bond donors (Lipinski definition) is 1. The summed E-state index contributed by atoms with van der Waals surface area (Å²) in [5.41, 5.74) is 5.60. The van der Waals surface area contributed by atoms with Crippen LogP contribution in [0, 0.1) is 5.92 Å². The molecule has 1 atom stereocenters. The summed E-state index contributed by atoms with van der Waals surface area (Å²) in [6, 6.07) is 0. The molecule has 1 rings (SSSR count). The maximum absolute atomic E-state index is 11.9. The van der Waals surface area contributed by atoms with Crippen LogP contribution in [-0.2, 0) is 14.3 Å². The van der Waals surface area contributed by atoms with Gasteiger partial charge in [0.15, 0.2) is 6.10 Å². The van der Waals surface area contributed by atoms with Crippen LogP contribution in [0.2, 0.25) is 0 Å². The average molecular weight is 271 g/mol. The van der Waals surface area contributed by atoms with Crippen molar-refractivity contribution in [1.82, 2.24) is 0 Å². The average Bonchev–Trinajstić information content (AvgIpc) is 2.41. The Bertz CT molecular complexity index is 273. The summed E-state index contributed by atoms with van der Waals surface area (Å²) in [6.07, 6.45) is 5.30. The topological polar surface area (TPSA) is 61.5 Å². The van der Waals surface area contributed by atoms with Gasteiger partial charge in [-0.25, -0.2) is 4.79 Å². The van der Waals surface area contributed by atoms with E-state index in [0.29, 0.717) is 19.6 Å². The van der Waals surface area contributed by atoms with E-state index in [1.807, 2.05) is 13.8 Å². The molecule has 1 unspecified atom stereocenters. The van der Waals surface area contributed by atoms with Gasteiger partial charge in [0.25, 0.3) is 0 Å². The molecule has 0 aliphatic heterocycles. The summed E-state index contributed by atoms with van der Waals surface area (Å²) >= 11 is 0. The zero-order chi connectivity index (χ0) is 14.3. The zero-order valence-corrected chi connectivity index (χ0v) is 12.6. The predicted octanol–water partition coefficient (Wildman–Crippen LogP) is 2.64. The molecule has 0 heterocycles. The normalized spacial score (nSPS) is 28.9. The highest BCUT2D eigenvalue weighted by Crippen LogP contribution is 2.35. The summed E-state index contributed by atoms with van der Waals surface area (Å²) in [6.45, 7) is 7.01. The lowest BCUT2D eigenvalue weighted by molar-refractivity contribution is -0.175. The summed E-state index contributed by atoms with van der Waals surface area (Å²) in [5, 5.41) is 0. The molecule has 0 amide bonds. The van der Waals surface area contributed by atoms with Gasteiger partial charge in [0.1, 0.15) is 0 Å². The van der Waals surface area contributed by atoms with Crippen molar-refractivity contribution in [3.8, 4) is 0 Å². The lowest BCUT2D eigenvalue weighted by atomic mass is 9.79. The van der Waals surface area contributed by atoms with Crippen molar-refractivity contribution >= 4 is 5.97 Å². The summed E-state index contributed by atoms with van der Waals surface area (Å²) in [5.74, 6) is 0.492. The van der Waals surface area contributed by atoms with Crippen LogP contribution in [0.3, 0.4) is 0 Å². The molecule has 19 heavy (non-hydrogen) atoms. The molecule has 112 valence electrons. The third kappa shape index (κ3) is 4.77. The van der Waals surface area contributed by atoms with E-state index in [-0.39, 0.29) is 11.6 Å². The summed E-state index contributed by atoms with van der Waals surface area (Å²) in [7, 11) is 0. The lowest BCUT2D eigenvalue weighted by Gasteiger charge is -2.40.